The largest absolute Gasteiger partial charge is 0.390 e. The van der Waals surface area contributed by atoms with E-state index in [0.29, 0.717) is 18.5 Å². The summed E-state index contributed by atoms with van der Waals surface area (Å²) in [7, 11) is 1.74. The summed E-state index contributed by atoms with van der Waals surface area (Å²) >= 11 is 3.50. The highest BCUT2D eigenvalue weighted by Gasteiger charge is 2.44. The Kier molecular flexibility index (Phi) is 6.07. The zero-order chi connectivity index (χ0) is 18.7. The molecule has 1 saturated carbocycles. The lowest BCUT2D eigenvalue weighted by atomic mass is 9.99. The topological polar surface area (TPSA) is 44.3 Å². The van der Waals surface area contributed by atoms with Crippen LogP contribution in [0.25, 0.3) is 0 Å². The van der Waals surface area contributed by atoms with E-state index in [1.54, 1.807) is 7.05 Å². The second-order valence-electron chi connectivity index (χ2n) is 6.92. The maximum absolute atomic E-state index is 13.4. The van der Waals surface area contributed by atoms with Crippen LogP contribution in [0, 0.1) is 11.6 Å². The maximum atomic E-state index is 13.4. The van der Waals surface area contributed by atoms with Gasteiger partial charge in [0.15, 0.2) is 0 Å². The summed E-state index contributed by atoms with van der Waals surface area (Å²) in [5, 5.41) is 17.1. The van der Waals surface area contributed by atoms with Crippen LogP contribution in [0.15, 0.2) is 46.9 Å². The molecule has 0 bridgehead atoms. The van der Waals surface area contributed by atoms with Gasteiger partial charge >= 0.3 is 0 Å². The molecule has 0 unspecified atom stereocenters. The Hall–Kier alpha value is -1.34. The highest BCUT2D eigenvalue weighted by molar-refractivity contribution is 9.10. The quantitative estimate of drug-likeness (QED) is 0.607. The van der Waals surface area contributed by atoms with E-state index in [1.165, 1.54) is 17.7 Å². The average molecular weight is 425 g/mol. The number of halogens is 3. The number of rotatable bonds is 8. The number of hydrogen-bond donors (Lipinski definition) is 3. The van der Waals surface area contributed by atoms with Crippen molar-refractivity contribution in [1.82, 2.24) is 10.6 Å². The van der Waals surface area contributed by atoms with Crippen LogP contribution >= 0.6 is 15.9 Å². The Bertz CT molecular complexity index is 747. The SMILES string of the molecule is CN[C@@H](Cc1cc(F)cc(F)c1)[C@H](O)CNC1(c2cccc(Br)c2)CC1. The molecular formula is C20H23BrF2N2O. The van der Waals surface area contributed by atoms with Crippen LogP contribution in [-0.2, 0) is 12.0 Å². The van der Waals surface area contributed by atoms with Crippen molar-refractivity contribution in [3.05, 3.63) is 69.7 Å². The first-order valence-corrected chi connectivity index (χ1v) is 9.52. The Labute approximate surface area is 160 Å². The van der Waals surface area contributed by atoms with Crippen LogP contribution in [0.5, 0.6) is 0 Å². The molecule has 0 saturated heterocycles. The molecule has 3 rings (SSSR count). The summed E-state index contributed by atoms with van der Waals surface area (Å²) in [6.07, 6.45) is 1.71. The summed E-state index contributed by atoms with van der Waals surface area (Å²) in [6.45, 7) is 0.399. The third-order valence-corrected chi connectivity index (χ3v) is 5.48. The first kappa shape index (κ1) is 19.4. The van der Waals surface area contributed by atoms with Crippen molar-refractivity contribution in [3.8, 4) is 0 Å². The van der Waals surface area contributed by atoms with Gasteiger partial charge in [-0.25, -0.2) is 8.78 Å². The smallest absolute Gasteiger partial charge is 0.126 e. The molecule has 1 fully saturated rings. The monoisotopic (exact) mass is 424 g/mol. The van der Waals surface area contributed by atoms with Crippen molar-refractivity contribution >= 4 is 15.9 Å². The van der Waals surface area contributed by atoms with Crippen LogP contribution in [0.3, 0.4) is 0 Å². The number of benzene rings is 2. The molecule has 0 heterocycles. The summed E-state index contributed by atoms with van der Waals surface area (Å²) in [5.41, 5.74) is 1.63. The number of aliphatic hydroxyl groups excluding tert-OH is 1. The minimum atomic E-state index is -0.684. The molecular weight excluding hydrogens is 402 g/mol. The molecule has 2 aromatic carbocycles. The van der Waals surface area contributed by atoms with E-state index in [2.05, 4.69) is 38.7 Å². The highest BCUT2D eigenvalue weighted by Crippen LogP contribution is 2.45. The van der Waals surface area contributed by atoms with Crippen LogP contribution in [0.2, 0.25) is 0 Å². The molecule has 0 amide bonds. The highest BCUT2D eigenvalue weighted by atomic mass is 79.9. The molecule has 0 aromatic heterocycles. The van der Waals surface area contributed by atoms with Gasteiger partial charge in [0, 0.05) is 28.7 Å². The maximum Gasteiger partial charge on any atom is 0.126 e. The number of aliphatic hydroxyl groups is 1. The van der Waals surface area contributed by atoms with Crippen LogP contribution < -0.4 is 10.6 Å². The van der Waals surface area contributed by atoms with Crippen molar-refractivity contribution in [2.45, 2.75) is 36.9 Å². The van der Waals surface area contributed by atoms with E-state index >= 15 is 0 Å². The molecule has 2 atom stereocenters. The van der Waals surface area contributed by atoms with Gasteiger partial charge in [-0.1, -0.05) is 28.1 Å². The van der Waals surface area contributed by atoms with Crippen LogP contribution in [-0.4, -0.2) is 30.8 Å². The Balaban J connectivity index is 1.62. The molecule has 0 aliphatic heterocycles. The van der Waals surface area contributed by atoms with E-state index in [-0.39, 0.29) is 11.6 Å². The molecule has 26 heavy (non-hydrogen) atoms. The van der Waals surface area contributed by atoms with Crippen LogP contribution in [0.1, 0.15) is 24.0 Å². The number of nitrogens with one attached hydrogen (secondary N) is 2. The molecule has 3 nitrogen and oxygen atoms in total. The number of hydrogen-bond acceptors (Lipinski definition) is 3. The minimum Gasteiger partial charge on any atom is -0.390 e. The summed E-state index contributed by atoms with van der Waals surface area (Å²) in [6, 6.07) is 11.3. The van der Waals surface area contributed by atoms with E-state index < -0.39 is 17.7 Å². The molecule has 1 aliphatic rings. The normalized spacial score (nSPS) is 17.7. The van der Waals surface area contributed by atoms with Crippen LogP contribution in [0.4, 0.5) is 8.78 Å². The zero-order valence-electron chi connectivity index (χ0n) is 14.6. The number of likely N-dealkylation sites (N-methyl/N-ethyl adjacent to an activating group) is 1. The minimum absolute atomic E-state index is 0.0893. The van der Waals surface area contributed by atoms with Gasteiger partial charge in [-0.3, -0.25) is 0 Å². The average Bonchev–Trinajstić information content (AvgIpc) is 3.38. The van der Waals surface area contributed by atoms with Gasteiger partial charge in [-0.15, -0.1) is 0 Å². The Morgan fingerprint density at radius 2 is 1.85 bits per heavy atom. The second kappa shape index (κ2) is 8.13. The van der Waals surface area contributed by atoms with E-state index in [4.69, 9.17) is 0 Å². The predicted molar refractivity (Wildman–Crippen MR) is 102 cm³/mol. The van der Waals surface area contributed by atoms with Gasteiger partial charge in [0.2, 0.25) is 0 Å². The standard InChI is InChI=1S/C20H23BrF2N2O/c1-24-18(9-13-7-16(22)11-17(23)8-13)19(26)12-25-20(5-6-20)14-3-2-4-15(21)10-14/h2-4,7-8,10-11,18-19,24-26H,5-6,9,12H2,1H3/t18-,19+/m0/s1. The van der Waals surface area contributed by atoms with Crippen molar-refractivity contribution < 1.29 is 13.9 Å². The lowest BCUT2D eigenvalue weighted by molar-refractivity contribution is 0.123. The van der Waals surface area contributed by atoms with Gasteiger partial charge < -0.3 is 15.7 Å². The summed E-state index contributed by atoms with van der Waals surface area (Å²) in [4.78, 5) is 0. The Morgan fingerprint density at radius 1 is 1.15 bits per heavy atom. The second-order valence-corrected chi connectivity index (χ2v) is 7.83. The summed E-state index contributed by atoms with van der Waals surface area (Å²) in [5.74, 6) is -1.21. The van der Waals surface area contributed by atoms with Crippen molar-refractivity contribution in [1.29, 1.82) is 0 Å². The third kappa shape index (κ3) is 4.68. The molecule has 6 heteroatoms. The molecule has 2 aromatic rings. The van der Waals surface area contributed by atoms with Crippen molar-refractivity contribution in [2.75, 3.05) is 13.6 Å². The third-order valence-electron chi connectivity index (χ3n) is 4.99. The molecule has 1 aliphatic carbocycles. The molecule has 0 spiro atoms. The summed E-state index contributed by atoms with van der Waals surface area (Å²) < 4.78 is 27.8. The van der Waals surface area contributed by atoms with Gasteiger partial charge in [0.1, 0.15) is 11.6 Å². The lowest BCUT2D eigenvalue weighted by Crippen LogP contribution is -2.47. The molecule has 0 radical (unpaired) electrons. The first-order chi connectivity index (χ1) is 12.4. The van der Waals surface area contributed by atoms with E-state index in [1.807, 2.05) is 12.1 Å². The van der Waals surface area contributed by atoms with Gasteiger partial charge in [-0.2, -0.15) is 0 Å². The van der Waals surface area contributed by atoms with Gasteiger partial charge in [-0.05, 0) is 61.7 Å². The Morgan fingerprint density at radius 3 is 2.42 bits per heavy atom. The molecule has 140 valence electrons. The van der Waals surface area contributed by atoms with E-state index in [9.17, 15) is 13.9 Å². The van der Waals surface area contributed by atoms with E-state index in [0.717, 1.165) is 23.4 Å². The fraction of sp³-hybridized carbons (Fsp3) is 0.400. The lowest BCUT2D eigenvalue weighted by Gasteiger charge is -2.26. The van der Waals surface area contributed by atoms with Gasteiger partial charge in [0.05, 0.1) is 6.10 Å². The van der Waals surface area contributed by atoms with Crippen molar-refractivity contribution in [3.63, 3.8) is 0 Å². The first-order valence-electron chi connectivity index (χ1n) is 8.73. The predicted octanol–water partition coefficient (Wildman–Crippen LogP) is 3.50. The zero-order valence-corrected chi connectivity index (χ0v) is 16.2. The fourth-order valence-corrected chi connectivity index (χ4v) is 3.73. The fourth-order valence-electron chi connectivity index (χ4n) is 3.33. The van der Waals surface area contributed by atoms with Crippen molar-refractivity contribution in [2.24, 2.45) is 0 Å². The molecule has 3 N–H and O–H groups in total. The van der Waals surface area contributed by atoms with Gasteiger partial charge in [0.25, 0.3) is 0 Å².